The monoisotopic (exact) mass is 281 g/mol. The third kappa shape index (κ3) is 2.65. The molecule has 1 aromatic heterocycles. The quantitative estimate of drug-likeness (QED) is 0.759. The molecule has 108 valence electrons. The molecule has 0 fully saturated rings. The van der Waals surface area contributed by atoms with Crippen molar-refractivity contribution in [2.45, 2.75) is 19.4 Å². The van der Waals surface area contributed by atoms with Crippen molar-refractivity contribution >= 4 is 11.0 Å². The molecule has 0 amide bonds. The Hall–Kier alpha value is -2.26. The van der Waals surface area contributed by atoms with Gasteiger partial charge in [-0.05, 0) is 18.6 Å². The van der Waals surface area contributed by atoms with Crippen LogP contribution >= 0.6 is 0 Å². The Labute approximate surface area is 124 Å². The molecule has 0 radical (unpaired) electrons. The smallest absolute Gasteiger partial charge is 0.134 e. The Morgan fingerprint density at radius 1 is 1.05 bits per heavy atom. The van der Waals surface area contributed by atoms with Crippen molar-refractivity contribution in [2.24, 2.45) is 5.73 Å². The van der Waals surface area contributed by atoms with Gasteiger partial charge in [-0.15, -0.1) is 0 Å². The molecule has 3 rings (SSSR count). The SMILES string of the molecule is CCCOc1ccccc1C(N)c1coc2ccccc12. The third-order valence-corrected chi connectivity index (χ3v) is 3.56. The summed E-state index contributed by atoms with van der Waals surface area (Å²) in [6.45, 7) is 2.78. The molecule has 0 bridgehead atoms. The molecule has 3 heteroatoms. The minimum absolute atomic E-state index is 0.262. The van der Waals surface area contributed by atoms with Crippen LogP contribution in [0.2, 0.25) is 0 Å². The van der Waals surface area contributed by atoms with Crippen LogP contribution in [0, 0.1) is 0 Å². The van der Waals surface area contributed by atoms with Crippen molar-refractivity contribution in [3.63, 3.8) is 0 Å². The molecule has 0 saturated heterocycles. The van der Waals surface area contributed by atoms with Crippen molar-refractivity contribution < 1.29 is 9.15 Å². The number of hydrogen-bond donors (Lipinski definition) is 1. The summed E-state index contributed by atoms with van der Waals surface area (Å²) in [6.07, 6.45) is 2.71. The normalized spacial score (nSPS) is 12.5. The van der Waals surface area contributed by atoms with Crippen LogP contribution in [-0.2, 0) is 0 Å². The van der Waals surface area contributed by atoms with Gasteiger partial charge in [0.1, 0.15) is 11.3 Å². The lowest BCUT2D eigenvalue weighted by Crippen LogP contribution is -2.13. The van der Waals surface area contributed by atoms with E-state index in [1.54, 1.807) is 6.26 Å². The molecule has 0 aliphatic heterocycles. The van der Waals surface area contributed by atoms with Crippen LogP contribution in [0.15, 0.2) is 59.2 Å². The number of furan rings is 1. The average Bonchev–Trinajstić information content (AvgIpc) is 2.96. The van der Waals surface area contributed by atoms with Gasteiger partial charge in [0.05, 0.1) is 18.9 Å². The summed E-state index contributed by atoms with van der Waals surface area (Å²) >= 11 is 0. The van der Waals surface area contributed by atoms with E-state index in [0.29, 0.717) is 6.61 Å². The molecule has 2 aromatic carbocycles. The topological polar surface area (TPSA) is 48.4 Å². The summed E-state index contributed by atoms with van der Waals surface area (Å²) in [5.74, 6) is 0.845. The molecule has 1 atom stereocenters. The van der Waals surface area contributed by atoms with E-state index >= 15 is 0 Å². The number of nitrogens with two attached hydrogens (primary N) is 1. The van der Waals surface area contributed by atoms with Gasteiger partial charge in [0.25, 0.3) is 0 Å². The zero-order valence-electron chi connectivity index (χ0n) is 12.1. The number of para-hydroxylation sites is 2. The van der Waals surface area contributed by atoms with E-state index in [1.165, 1.54) is 0 Å². The number of ether oxygens (including phenoxy) is 1. The summed E-state index contributed by atoms with van der Waals surface area (Å²) in [6, 6.07) is 15.6. The van der Waals surface area contributed by atoms with Crippen molar-refractivity contribution in [3.05, 3.63) is 65.9 Å². The second-order valence-corrected chi connectivity index (χ2v) is 5.05. The first-order valence-electron chi connectivity index (χ1n) is 7.24. The first kappa shape index (κ1) is 13.7. The number of fused-ring (bicyclic) bond motifs is 1. The lowest BCUT2D eigenvalue weighted by molar-refractivity contribution is 0.313. The molecule has 0 aliphatic rings. The Morgan fingerprint density at radius 3 is 2.67 bits per heavy atom. The molecule has 1 heterocycles. The molecule has 3 aromatic rings. The van der Waals surface area contributed by atoms with Crippen LogP contribution < -0.4 is 10.5 Å². The molecule has 2 N–H and O–H groups in total. The lowest BCUT2D eigenvalue weighted by Gasteiger charge is -2.16. The molecular formula is C18H19NO2. The maximum absolute atomic E-state index is 6.46. The van der Waals surface area contributed by atoms with Crippen LogP contribution in [0.3, 0.4) is 0 Å². The van der Waals surface area contributed by atoms with Crippen molar-refractivity contribution in [1.82, 2.24) is 0 Å². The minimum atomic E-state index is -0.262. The zero-order chi connectivity index (χ0) is 14.7. The fraction of sp³-hybridized carbons (Fsp3) is 0.222. The first-order chi connectivity index (χ1) is 10.3. The van der Waals surface area contributed by atoms with Gasteiger partial charge in [-0.1, -0.05) is 43.3 Å². The second kappa shape index (κ2) is 6.02. The van der Waals surface area contributed by atoms with Crippen molar-refractivity contribution in [3.8, 4) is 5.75 Å². The standard InChI is InChI=1S/C18H19NO2/c1-2-11-20-17-10-6-4-8-14(17)18(19)15-12-21-16-9-5-3-7-13(15)16/h3-10,12,18H,2,11,19H2,1H3. The summed E-state index contributed by atoms with van der Waals surface area (Å²) < 4.78 is 11.4. The van der Waals surface area contributed by atoms with E-state index in [-0.39, 0.29) is 6.04 Å². The summed E-state index contributed by atoms with van der Waals surface area (Å²) in [5.41, 5.74) is 9.28. The van der Waals surface area contributed by atoms with Gasteiger partial charge < -0.3 is 14.9 Å². The van der Waals surface area contributed by atoms with E-state index in [2.05, 4.69) is 6.92 Å². The molecule has 0 saturated carbocycles. The third-order valence-electron chi connectivity index (χ3n) is 3.56. The highest BCUT2D eigenvalue weighted by Gasteiger charge is 2.18. The first-order valence-corrected chi connectivity index (χ1v) is 7.24. The average molecular weight is 281 g/mol. The number of rotatable bonds is 5. The Kier molecular flexibility index (Phi) is 3.93. The Bertz CT molecular complexity index is 733. The Balaban J connectivity index is 2.00. The number of benzene rings is 2. The highest BCUT2D eigenvalue weighted by molar-refractivity contribution is 5.82. The van der Waals surface area contributed by atoms with Gasteiger partial charge in [0.2, 0.25) is 0 Å². The van der Waals surface area contributed by atoms with Gasteiger partial charge in [0, 0.05) is 16.5 Å². The van der Waals surface area contributed by atoms with E-state index in [0.717, 1.165) is 34.3 Å². The largest absolute Gasteiger partial charge is 0.493 e. The van der Waals surface area contributed by atoms with Crippen LogP contribution in [-0.4, -0.2) is 6.61 Å². The highest BCUT2D eigenvalue weighted by atomic mass is 16.5. The molecule has 21 heavy (non-hydrogen) atoms. The van der Waals surface area contributed by atoms with E-state index in [1.807, 2.05) is 48.5 Å². The van der Waals surface area contributed by atoms with Gasteiger partial charge in [-0.3, -0.25) is 0 Å². The molecule has 0 aliphatic carbocycles. The minimum Gasteiger partial charge on any atom is -0.493 e. The predicted molar refractivity (Wildman–Crippen MR) is 84.5 cm³/mol. The van der Waals surface area contributed by atoms with Crippen molar-refractivity contribution in [2.75, 3.05) is 6.61 Å². The van der Waals surface area contributed by atoms with Crippen molar-refractivity contribution in [1.29, 1.82) is 0 Å². The van der Waals surface area contributed by atoms with Gasteiger partial charge >= 0.3 is 0 Å². The Morgan fingerprint density at radius 2 is 1.81 bits per heavy atom. The van der Waals surface area contributed by atoms with E-state index in [9.17, 15) is 0 Å². The molecular weight excluding hydrogens is 262 g/mol. The van der Waals surface area contributed by atoms with Gasteiger partial charge in [-0.25, -0.2) is 0 Å². The van der Waals surface area contributed by atoms with Gasteiger partial charge in [-0.2, -0.15) is 0 Å². The molecule has 3 nitrogen and oxygen atoms in total. The summed E-state index contributed by atoms with van der Waals surface area (Å²) in [4.78, 5) is 0. The fourth-order valence-electron chi connectivity index (χ4n) is 2.49. The lowest BCUT2D eigenvalue weighted by atomic mass is 9.98. The maximum atomic E-state index is 6.46. The van der Waals surface area contributed by atoms with Crippen LogP contribution in [0.4, 0.5) is 0 Å². The van der Waals surface area contributed by atoms with Crippen LogP contribution in [0.1, 0.15) is 30.5 Å². The van der Waals surface area contributed by atoms with E-state index in [4.69, 9.17) is 14.9 Å². The number of hydrogen-bond acceptors (Lipinski definition) is 3. The fourth-order valence-corrected chi connectivity index (χ4v) is 2.49. The van der Waals surface area contributed by atoms with Crippen LogP contribution in [0.25, 0.3) is 11.0 Å². The van der Waals surface area contributed by atoms with Crippen LogP contribution in [0.5, 0.6) is 5.75 Å². The predicted octanol–water partition coefficient (Wildman–Crippen LogP) is 4.27. The summed E-state index contributed by atoms with van der Waals surface area (Å²) in [7, 11) is 0. The zero-order valence-corrected chi connectivity index (χ0v) is 12.1. The molecule has 0 spiro atoms. The summed E-state index contributed by atoms with van der Waals surface area (Å²) in [5, 5.41) is 1.05. The van der Waals surface area contributed by atoms with E-state index < -0.39 is 0 Å². The molecule has 1 unspecified atom stereocenters. The highest BCUT2D eigenvalue weighted by Crippen LogP contribution is 2.33. The second-order valence-electron chi connectivity index (χ2n) is 5.05. The van der Waals surface area contributed by atoms with Gasteiger partial charge in [0.15, 0.2) is 0 Å². The maximum Gasteiger partial charge on any atom is 0.134 e.